The first-order valence-electron chi connectivity index (χ1n) is 10.9. The Hall–Kier alpha value is -3.85. The van der Waals surface area contributed by atoms with Gasteiger partial charge in [0.2, 0.25) is 0 Å². The van der Waals surface area contributed by atoms with Gasteiger partial charge in [0.25, 0.3) is 5.78 Å². The van der Waals surface area contributed by atoms with E-state index >= 15 is 0 Å². The van der Waals surface area contributed by atoms with E-state index in [1.54, 1.807) is 19.1 Å². The number of aryl methyl sites for hydroxylation is 1. The summed E-state index contributed by atoms with van der Waals surface area (Å²) in [5, 5.41) is 11.2. The zero-order chi connectivity index (χ0) is 25.4. The van der Waals surface area contributed by atoms with Crippen molar-refractivity contribution in [2.24, 2.45) is 0 Å². The van der Waals surface area contributed by atoms with Crippen LogP contribution in [-0.2, 0) is 14.3 Å². The fourth-order valence-electron chi connectivity index (χ4n) is 3.94. The first-order chi connectivity index (χ1) is 16.6. The number of esters is 1. The van der Waals surface area contributed by atoms with Gasteiger partial charge in [0.1, 0.15) is 16.5 Å². The minimum atomic E-state index is -1.00. The van der Waals surface area contributed by atoms with Crippen LogP contribution in [0, 0.1) is 12.7 Å². The molecule has 9 heteroatoms. The minimum Gasteiger partial charge on any atom is -0.507 e. The van der Waals surface area contributed by atoms with E-state index in [4.69, 9.17) is 4.74 Å². The minimum absolute atomic E-state index is 0.126. The normalized spacial score (nSPS) is 17.3. The van der Waals surface area contributed by atoms with E-state index in [0.717, 1.165) is 29.0 Å². The summed E-state index contributed by atoms with van der Waals surface area (Å²) in [6.07, 6.45) is 0. The average molecular weight is 495 g/mol. The van der Waals surface area contributed by atoms with E-state index in [-0.39, 0.29) is 27.1 Å². The second kappa shape index (κ2) is 9.42. The lowest BCUT2D eigenvalue weighted by Crippen LogP contribution is -2.29. The summed E-state index contributed by atoms with van der Waals surface area (Å²) < 4.78 is 18.3. The predicted molar refractivity (Wildman–Crippen MR) is 130 cm³/mol. The van der Waals surface area contributed by atoms with Crippen LogP contribution in [0.3, 0.4) is 0 Å². The molecule has 2 heterocycles. The Labute approximate surface area is 205 Å². The van der Waals surface area contributed by atoms with Crippen molar-refractivity contribution in [3.63, 3.8) is 0 Å². The van der Waals surface area contributed by atoms with E-state index in [1.165, 1.54) is 24.1 Å². The van der Waals surface area contributed by atoms with Crippen LogP contribution in [0.2, 0.25) is 0 Å². The van der Waals surface area contributed by atoms with Crippen LogP contribution in [0.15, 0.2) is 54.1 Å². The number of Topliss-reactive ketones (excluding diaryl/α,β-unsaturated/α-hetero) is 1. The Bertz CT molecular complexity index is 1340. The van der Waals surface area contributed by atoms with Gasteiger partial charge in [-0.25, -0.2) is 14.2 Å². The number of carbonyl (C=O) groups is 3. The van der Waals surface area contributed by atoms with Crippen LogP contribution in [-0.4, -0.2) is 34.9 Å². The number of aliphatic hydroxyl groups excluding tert-OH is 1. The lowest BCUT2D eigenvalue weighted by molar-refractivity contribution is -0.132. The van der Waals surface area contributed by atoms with E-state index in [2.05, 4.69) is 4.98 Å². The highest BCUT2D eigenvalue weighted by Gasteiger charge is 2.48. The quantitative estimate of drug-likeness (QED) is 0.229. The number of amides is 1. The number of aromatic nitrogens is 1. The Morgan fingerprint density at radius 1 is 1.11 bits per heavy atom. The Morgan fingerprint density at radius 3 is 2.31 bits per heavy atom. The summed E-state index contributed by atoms with van der Waals surface area (Å²) in [7, 11) is 1.24. The Balaban J connectivity index is 1.92. The number of thiazole rings is 1. The smallest absolute Gasteiger partial charge is 0.350 e. The number of carbonyl (C=O) groups excluding carboxylic acids is 3. The van der Waals surface area contributed by atoms with Gasteiger partial charge < -0.3 is 9.84 Å². The molecule has 1 N–H and O–H groups in total. The number of anilines is 1. The van der Waals surface area contributed by atoms with Crippen LogP contribution >= 0.6 is 11.3 Å². The summed E-state index contributed by atoms with van der Waals surface area (Å²) in [4.78, 5) is 44.4. The molecular weight excluding hydrogens is 471 g/mol. The molecule has 1 saturated heterocycles. The number of hydrogen-bond donors (Lipinski definition) is 1. The number of ketones is 1. The summed E-state index contributed by atoms with van der Waals surface area (Å²) >= 11 is 0.927. The fourth-order valence-corrected chi connectivity index (χ4v) is 4.95. The zero-order valence-electron chi connectivity index (χ0n) is 19.5. The molecule has 0 unspecified atom stereocenters. The molecule has 1 aliphatic heterocycles. The van der Waals surface area contributed by atoms with Gasteiger partial charge in [-0.1, -0.05) is 49.4 Å². The number of rotatable bonds is 5. The summed E-state index contributed by atoms with van der Waals surface area (Å²) in [6.45, 7) is 5.69. The first kappa shape index (κ1) is 24.3. The van der Waals surface area contributed by atoms with E-state index in [0.29, 0.717) is 11.3 Å². The molecule has 7 nitrogen and oxygen atoms in total. The van der Waals surface area contributed by atoms with Gasteiger partial charge in [0, 0.05) is 5.56 Å². The molecule has 1 atom stereocenters. The molecule has 0 spiro atoms. The van der Waals surface area contributed by atoms with Crippen molar-refractivity contribution < 1.29 is 28.6 Å². The third-order valence-electron chi connectivity index (χ3n) is 5.84. The molecule has 0 bridgehead atoms. The summed E-state index contributed by atoms with van der Waals surface area (Å²) in [5.74, 6) is -3.07. The number of benzene rings is 2. The number of ether oxygens (including phenoxy) is 1. The highest BCUT2D eigenvalue weighted by molar-refractivity contribution is 7.17. The van der Waals surface area contributed by atoms with E-state index in [1.807, 2.05) is 26.0 Å². The topological polar surface area (TPSA) is 96.8 Å². The van der Waals surface area contributed by atoms with Crippen LogP contribution in [0.25, 0.3) is 5.76 Å². The van der Waals surface area contributed by atoms with Crippen molar-refractivity contribution in [3.8, 4) is 0 Å². The van der Waals surface area contributed by atoms with Crippen molar-refractivity contribution in [1.29, 1.82) is 0 Å². The van der Waals surface area contributed by atoms with E-state index in [9.17, 15) is 23.9 Å². The summed E-state index contributed by atoms with van der Waals surface area (Å²) in [5.41, 5.74) is 2.03. The maximum absolute atomic E-state index is 13.5. The molecule has 4 rings (SSSR count). The van der Waals surface area contributed by atoms with Gasteiger partial charge in [-0.2, -0.15) is 0 Å². The SMILES string of the molecule is COC(=O)c1sc(N2C(=O)C(=O)C(=C(O)c3ccc(F)cc3)[C@@H]2c2ccc(C(C)C)cc2)nc1C. The molecule has 1 fully saturated rings. The second-order valence-electron chi connectivity index (χ2n) is 8.40. The highest BCUT2D eigenvalue weighted by atomic mass is 32.1. The van der Waals surface area contributed by atoms with Crippen LogP contribution in [0.1, 0.15) is 57.9 Å². The third kappa shape index (κ3) is 4.35. The number of halogens is 1. The molecule has 1 amide bonds. The zero-order valence-corrected chi connectivity index (χ0v) is 20.4. The molecule has 1 aliphatic rings. The van der Waals surface area contributed by atoms with Gasteiger partial charge in [0.05, 0.1) is 24.4 Å². The van der Waals surface area contributed by atoms with Crippen molar-refractivity contribution in [1.82, 2.24) is 4.98 Å². The number of methoxy groups -OCH3 is 1. The molecule has 3 aromatic rings. The standard InChI is InChI=1S/C26H23FN2O5S/c1-13(2)15-5-7-16(8-6-15)20-19(21(30)17-9-11-18(27)12-10-17)22(31)24(32)29(20)26-28-14(3)23(35-26)25(33)34-4/h5-13,20,30H,1-4H3/t20-/m0/s1. The largest absolute Gasteiger partial charge is 0.507 e. The van der Waals surface area contributed by atoms with Gasteiger partial charge in [0.15, 0.2) is 5.13 Å². The highest BCUT2D eigenvalue weighted by Crippen LogP contribution is 2.44. The Kier molecular flexibility index (Phi) is 6.53. The molecule has 180 valence electrons. The molecular formula is C26H23FN2O5S. The Morgan fingerprint density at radius 2 is 1.74 bits per heavy atom. The van der Waals surface area contributed by atoms with Crippen LogP contribution < -0.4 is 4.90 Å². The van der Waals surface area contributed by atoms with Crippen molar-refractivity contribution in [2.75, 3.05) is 12.0 Å². The monoisotopic (exact) mass is 494 g/mol. The molecule has 2 aromatic carbocycles. The molecule has 0 radical (unpaired) electrons. The summed E-state index contributed by atoms with van der Waals surface area (Å²) in [6, 6.07) is 11.3. The molecule has 0 saturated carbocycles. The molecule has 1 aromatic heterocycles. The van der Waals surface area contributed by atoms with Gasteiger partial charge in [-0.3, -0.25) is 14.5 Å². The van der Waals surface area contributed by atoms with Crippen LogP contribution in [0.5, 0.6) is 0 Å². The van der Waals surface area contributed by atoms with Crippen molar-refractivity contribution in [2.45, 2.75) is 32.7 Å². The van der Waals surface area contributed by atoms with Gasteiger partial charge >= 0.3 is 11.9 Å². The van der Waals surface area contributed by atoms with Crippen LogP contribution in [0.4, 0.5) is 9.52 Å². The first-order valence-corrected chi connectivity index (χ1v) is 11.7. The predicted octanol–water partition coefficient (Wildman–Crippen LogP) is 5.13. The lowest BCUT2D eigenvalue weighted by atomic mass is 9.93. The van der Waals surface area contributed by atoms with Crippen molar-refractivity contribution in [3.05, 3.63) is 87.2 Å². The second-order valence-corrected chi connectivity index (χ2v) is 9.38. The maximum atomic E-state index is 13.5. The molecule has 35 heavy (non-hydrogen) atoms. The number of hydrogen-bond acceptors (Lipinski definition) is 7. The number of nitrogens with zero attached hydrogens (tertiary/aromatic N) is 2. The van der Waals surface area contributed by atoms with Gasteiger partial charge in [-0.05, 0) is 48.2 Å². The fraction of sp³-hybridized carbons (Fsp3) is 0.231. The van der Waals surface area contributed by atoms with Crippen molar-refractivity contribution >= 4 is 39.9 Å². The lowest BCUT2D eigenvalue weighted by Gasteiger charge is -2.23. The third-order valence-corrected chi connectivity index (χ3v) is 6.98. The molecule has 0 aliphatic carbocycles. The number of aliphatic hydroxyl groups is 1. The van der Waals surface area contributed by atoms with E-state index < -0.39 is 35.3 Å². The average Bonchev–Trinajstić information content (AvgIpc) is 3.35. The maximum Gasteiger partial charge on any atom is 0.350 e. The van der Waals surface area contributed by atoms with Gasteiger partial charge in [-0.15, -0.1) is 0 Å².